The predicted octanol–water partition coefficient (Wildman–Crippen LogP) is 5.04. The zero-order valence-electron chi connectivity index (χ0n) is 13.9. The summed E-state index contributed by atoms with van der Waals surface area (Å²) in [4.78, 5) is 4.74. The molecular formula is C20H15NO3S2. The Morgan fingerprint density at radius 2 is 1.58 bits per heavy atom. The van der Waals surface area contributed by atoms with Crippen LogP contribution in [0, 0.1) is 6.92 Å². The molecule has 3 aromatic carbocycles. The number of rotatable bonds is 4. The largest absolute Gasteiger partial charge is 0.379 e. The number of hydrogen-bond acceptors (Lipinski definition) is 5. The van der Waals surface area contributed by atoms with E-state index in [0.717, 1.165) is 26.4 Å². The average molecular weight is 381 g/mol. The first-order valence-corrected chi connectivity index (χ1v) is 10.2. The van der Waals surface area contributed by atoms with Crippen LogP contribution >= 0.6 is 11.3 Å². The number of aromatic nitrogens is 1. The Hall–Kier alpha value is -2.70. The molecule has 0 atom stereocenters. The minimum atomic E-state index is -3.84. The molecule has 0 aliphatic heterocycles. The number of hydrogen-bond donors (Lipinski definition) is 0. The second-order valence-electron chi connectivity index (χ2n) is 5.86. The quantitative estimate of drug-likeness (QED) is 0.465. The SMILES string of the molecule is Cc1ccc(S(=O)(=O)Oc2ccc(-c3nc4ccccc4s3)cc2)cc1. The summed E-state index contributed by atoms with van der Waals surface area (Å²) in [5.74, 6) is 0.274. The number of para-hydroxylation sites is 1. The molecule has 26 heavy (non-hydrogen) atoms. The topological polar surface area (TPSA) is 56.3 Å². The van der Waals surface area contributed by atoms with Crippen molar-refractivity contribution in [2.24, 2.45) is 0 Å². The Morgan fingerprint density at radius 1 is 0.885 bits per heavy atom. The van der Waals surface area contributed by atoms with Crippen molar-refractivity contribution in [2.75, 3.05) is 0 Å². The van der Waals surface area contributed by atoms with Gasteiger partial charge in [-0.3, -0.25) is 0 Å². The van der Waals surface area contributed by atoms with E-state index >= 15 is 0 Å². The maximum absolute atomic E-state index is 12.4. The molecule has 4 aromatic rings. The molecule has 0 aliphatic carbocycles. The molecule has 0 unspecified atom stereocenters. The number of nitrogens with zero attached hydrogens (tertiary/aromatic N) is 1. The van der Waals surface area contributed by atoms with E-state index in [0.29, 0.717) is 0 Å². The molecule has 0 aliphatic rings. The van der Waals surface area contributed by atoms with Gasteiger partial charge in [-0.25, -0.2) is 4.98 Å². The Morgan fingerprint density at radius 3 is 2.27 bits per heavy atom. The van der Waals surface area contributed by atoms with Gasteiger partial charge >= 0.3 is 10.1 Å². The van der Waals surface area contributed by atoms with Crippen molar-refractivity contribution in [3.63, 3.8) is 0 Å². The van der Waals surface area contributed by atoms with E-state index in [4.69, 9.17) is 4.18 Å². The van der Waals surface area contributed by atoms with Crippen LogP contribution < -0.4 is 4.18 Å². The number of aryl methyl sites for hydroxylation is 1. The van der Waals surface area contributed by atoms with Crippen LogP contribution in [0.3, 0.4) is 0 Å². The highest BCUT2D eigenvalue weighted by Crippen LogP contribution is 2.31. The highest BCUT2D eigenvalue weighted by atomic mass is 32.2. The standard InChI is InChI=1S/C20H15NO3S2/c1-14-6-12-17(13-7-14)26(22,23)24-16-10-8-15(9-11-16)20-21-18-4-2-3-5-19(18)25-20/h2-13H,1H3. The molecule has 4 nitrogen and oxygen atoms in total. The Labute approximate surface area is 155 Å². The van der Waals surface area contributed by atoms with Crippen LogP contribution in [0.15, 0.2) is 77.7 Å². The third-order valence-corrected chi connectivity index (χ3v) is 6.26. The normalized spacial score (nSPS) is 11.6. The minimum Gasteiger partial charge on any atom is -0.379 e. The zero-order valence-corrected chi connectivity index (χ0v) is 15.5. The number of fused-ring (bicyclic) bond motifs is 1. The summed E-state index contributed by atoms with van der Waals surface area (Å²) in [6, 6.07) is 21.4. The lowest BCUT2D eigenvalue weighted by molar-refractivity contribution is 0.486. The molecule has 130 valence electrons. The molecule has 1 aromatic heterocycles. The van der Waals surface area contributed by atoms with Crippen molar-refractivity contribution in [3.05, 3.63) is 78.4 Å². The first-order valence-electron chi connectivity index (χ1n) is 7.98. The van der Waals surface area contributed by atoms with Gasteiger partial charge in [0.1, 0.15) is 15.7 Å². The molecule has 0 radical (unpaired) electrons. The van der Waals surface area contributed by atoms with Gasteiger partial charge in [0.25, 0.3) is 0 Å². The van der Waals surface area contributed by atoms with E-state index in [-0.39, 0.29) is 10.6 Å². The van der Waals surface area contributed by atoms with Gasteiger partial charge in [0.2, 0.25) is 0 Å². The van der Waals surface area contributed by atoms with E-state index in [1.165, 1.54) is 0 Å². The molecule has 4 rings (SSSR count). The third kappa shape index (κ3) is 3.34. The van der Waals surface area contributed by atoms with Crippen molar-refractivity contribution >= 4 is 31.7 Å². The monoisotopic (exact) mass is 381 g/mol. The Kier molecular flexibility index (Phi) is 4.22. The molecule has 6 heteroatoms. The highest BCUT2D eigenvalue weighted by molar-refractivity contribution is 7.87. The van der Waals surface area contributed by atoms with Gasteiger partial charge < -0.3 is 4.18 Å². The maximum Gasteiger partial charge on any atom is 0.339 e. The summed E-state index contributed by atoms with van der Waals surface area (Å²) in [5, 5.41) is 0.888. The van der Waals surface area contributed by atoms with Crippen molar-refractivity contribution in [1.82, 2.24) is 4.98 Å². The first-order chi connectivity index (χ1) is 12.5. The molecular weight excluding hydrogens is 366 g/mol. The summed E-state index contributed by atoms with van der Waals surface area (Å²) >= 11 is 1.60. The second-order valence-corrected chi connectivity index (χ2v) is 8.44. The van der Waals surface area contributed by atoms with Crippen LogP contribution in [0.2, 0.25) is 0 Å². The fourth-order valence-electron chi connectivity index (χ4n) is 2.53. The molecule has 0 saturated heterocycles. The zero-order chi connectivity index (χ0) is 18.1. The summed E-state index contributed by atoms with van der Waals surface area (Å²) in [7, 11) is -3.84. The fraction of sp³-hybridized carbons (Fsp3) is 0.0500. The van der Waals surface area contributed by atoms with Gasteiger partial charge in [-0.15, -0.1) is 11.3 Å². The molecule has 0 fully saturated rings. The smallest absolute Gasteiger partial charge is 0.339 e. The summed E-state index contributed by atoms with van der Waals surface area (Å²) in [6.07, 6.45) is 0. The van der Waals surface area contributed by atoms with Crippen LogP contribution in [0.25, 0.3) is 20.8 Å². The molecule has 0 spiro atoms. The van der Waals surface area contributed by atoms with E-state index in [2.05, 4.69) is 4.98 Å². The molecule has 0 saturated carbocycles. The van der Waals surface area contributed by atoms with Gasteiger partial charge in [0.05, 0.1) is 10.2 Å². The van der Waals surface area contributed by atoms with Crippen LogP contribution in [0.5, 0.6) is 5.75 Å². The lowest BCUT2D eigenvalue weighted by Gasteiger charge is -2.07. The lowest BCUT2D eigenvalue weighted by atomic mass is 10.2. The van der Waals surface area contributed by atoms with Crippen molar-refractivity contribution in [3.8, 4) is 16.3 Å². The predicted molar refractivity (Wildman–Crippen MR) is 104 cm³/mol. The van der Waals surface area contributed by atoms with Crippen LogP contribution in [0.1, 0.15) is 5.56 Å². The van der Waals surface area contributed by atoms with Gasteiger partial charge in [-0.2, -0.15) is 8.42 Å². The van der Waals surface area contributed by atoms with E-state index in [1.807, 2.05) is 43.3 Å². The van der Waals surface area contributed by atoms with Gasteiger partial charge in [-0.1, -0.05) is 29.8 Å². The summed E-state index contributed by atoms with van der Waals surface area (Å²) in [6.45, 7) is 1.90. The Balaban J connectivity index is 1.58. The van der Waals surface area contributed by atoms with E-state index in [9.17, 15) is 8.42 Å². The van der Waals surface area contributed by atoms with Gasteiger partial charge in [-0.05, 0) is 55.5 Å². The minimum absolute atomic E-state index is 0.137. The maximum atomic E-state index is 12.4. The number of thiazole rings is 1. The average Bonchev–Trinajstić information content (AvgIpc) is 3.06. The lowest BCUT2D eigenvalue weighted by Crippen LogP contribution is -2.09. The van der Waals surface area contributed by atoms with Crippen molar-refractivity contribution in [1.29, 1.82) is 0 Å². The molecule has 1 heterocycles. The van der Waals surface area contributed by atoms with Crippen LogP contribution in [-0.2, 0) is 10.1 Å². The summed E-state index contributed by atoms with van der Waals surface area (Å²) in [5.41, 5.74) is 2.87. The fourth-order valence-corrected chi connectivity index (χ4v) is 4.43. The van der Waals surface area contributed by atoms with Gasteiger partial charge in [0, 0.05) is 5.56 Å². The summed E-state index contributed by atoms with van der Waals surface area (Å²) < 4.78 is 31.1. The van der Waals surface area contributed by atoms with Crippen molar-refractivity contribution < 1.29 is 12.6 Å². The third-order valence-electron chi connectivity index (χ3n) is 3.91. The Bertz CT molecular complexity index is 1130. The molecule has 0 amide bonds. The second kappa shape index (κ2) is 6.55. The van der Waals surface area contributed by atoms with Crippen molar-refractivity contribution in [2.45, 2.75) is 11.8 Å². The molecule has 0 bridgehead atoms. The van der Waals surface area contributed by atoms with Crippen LogP contribution in [-0.4, -0.2) is 13.4 Å². The van der Waals surface area contributed by atoms with E-state index < -0.39 is 10.1 Å². The highest BCUT2D eigenvalue weighted by Gasteiger charge is 2.16. The van der Waals surface area contributed by atoms with E-state index in [1.54, 1.807) is 47.7 Å². The van der Waals surface area contributed by atoms with Crippen LogP contribution in [0.4, 0.5) is 0 Å². The van der Waals surface area contributed by atoms with Gasteiger partial charge in [0.15, 0.2) is 0 Å². The molecule has 0 N–H and O–H groups in total. The number of benzene rings is 3. The first kappa shape index (κ1) is 16.8.